The lowest BCUT2D eigenvalue weighted by atomic mass is 9.79. The Kier molecular flexibility index (Phi) is 4.74. The molecule has 1 rings (SSSR count). The first kappa shape index (κ1) is 13.5. The van der Waals surface area contributed by atoms with E-state index in [9.17, 15) is 4.79 Å². The van der Waals surface area contributed by atoms with E-state index in [0.29, 0.717) is 6.54 Å². The molecule has 1 aliphatic heterocycles. The highest BCUT2D eigenvalue weighted by Gasteiger charge is 2.36. The summed E-state index contributed by atoms with van der Waals surface area (Å²) in [4.78, 5) is 14.3. The molecule has 1 unspecified atom stereocenters. The first-order valence-corrected chi connectivity index (χ1v) is 6.16. The third kappa shape index (κ3) is 3.46. The van der Waals surface area contributed by atoms with Crippen molar-refractivity contribution in [3.63, 3.8) is 0 Å². The van der Waals surface area contributed by atoms with Crippen LogP contribution < -0.4 is 5.32 Å². The summed E-state index contributed by atoms with van der Waals surface area (Å²) in [6.07, 6.45) is 1.35. The van der Waals surface area contributed by atoms with Crippen LogP contribution >= 0.6 is 0 Å². The van der Waals surface area contributed by atoms with Crippen LogP contribution in [0.25, 0.3) is 0 Å². The van der Waals surface area contributed by atoms with Gasteiger partial charge in [0, 0.05) is 12.0 Å². The predicted molar refractivity (Wildman–Crippen MR) is 64.1 cm³/mol. The molecule has 1 aliphatic rings. The van der Waals surface area contributed by atoms with Gasteiger partial charge >= 0.3 is 0 Å². The molecule has 4 nitrogen and oxygen atoms in total. The number of nitrogens with zero attached hydrogens (tertiary/aromatic N) is 1. The molecule has 1 heterocycles. The fourth-order valence-electron chi connectivity index (χ4n) is 2.04. The zero-order chi connectivity index (χ0) is 12.2. The molecule has 0 bridgehead atoms. The van der Waals surface area contributed by atoms with E-state index in [-0.39, 0.29) is 11.3 Å². The normalized spacial score (nSPS) is 22.8. The molecule has 4 heteroatoms. The second-order valence-corrected chi connectivity index (χ2v) is 5.05. The van der Waals surface area contributed by atoms with Gasteiger partial charge in [0.1, 0.15) is 0 Å². The highest BCUT2D eigenvalue weighted by Crippen LogP contribution is 2.30. The average molecular weight is 228 g/mol. The Bertz CT molecular complexity index is 233. The number of nitrogens with one attached hydrogen (secondary N) is 1. The van der Waals surface area contributed by atoms with Crippen LogP contribution in [0.5, 0.6) is 0 Å². The molecule has 1 saturated heterocycles. The van der Waals surface area contributed by atoms with Gasteiger partial charge in [-0.05, 0) is 39.4 Å². The molecule has 1 atom stereocenters. The largest absolute Gasteiger partial charge is 0.392 e. The van der Waals surface area contributed by atoms with Crippen molar-refractivity contribution < 1.29 is 9.90 Å². The molecule has 0 radical (unpaired) electrons. The maximum absolute atomic E-state index is 12.0. The quantitative estimate of drug-likeness (QED) is 0.741. The van der Waals surface area contributed by atoms with E-state index < -0.39 is 6.10 Å². The van der Waals surface area contributed by atoms with Gasteiger partial charge in [0.2, 0.25) is 5.91 Å². The molecule has 0 aromatic rings. The number of piperidine rings is 1. The molecule has 0 saturated carbocycles. The maximum atomic E-state index is 12.0. The average Bonchev–Trinajstić information content (AvgIpc) is 2.27. The van der Waals surface area contributed by atoms with Crippen LogP contribution in [-0.4, -0.2) is 48.2 Å². The molecule has 1 fully saturated rings. The van der Waals surface area contributed by atoms with Gasteiger partial charge in [0.25, 0.3) is 0 Å². The first-order chi connectivity index (χ1) is 7.48. The Morgan fingerprint density at radius 2 is 2.06 bits per heavy atom. The summed E-state index contributed by atoms with van der Waals surface area (Å²) in [5.41, 5.74) is -0.249. The van der Waals surface area contributed by atoms with Crippen LogP contribution in [0.15, 0.2) is 0 Å². The van der Waals surface area contributed by atoms with Crippen LogP contribution in [0.1, 0.15) is 33.6 Å². The fourth-order valence-corrected chi connectivity index (χ4v) is 2.04. The van der Waals surface area contributed by atoms with Crippen molar-refractivity contribution in [2.75, 3.05) is 26.2 Å². The molecule has 0 spiro atoms. The van der Waals surface area contributed by atoms with Crippen molar-refractivity contribution >= 4 is 5.91 Å². The van der Waals surface area contributed by atoms with Gasteiger partial charge < -0.3 is 15.3 Å². The Hall–Kier alpha value is -0.610. The van der Waals surface area contributed by atoms with E-state index >= 15 is 0 Å². The van der Waals surface area contributed by atoms with Crippen LogP contribution in [0.4, 0.5) is 0 Å². The Labute approximate surface area is 98.0 Å². The van der Waals surface area contributed by atoms with E-state index in [1.807, 2.05) is 6.92 Å². The van der Waals surface area contributed by atoms with Crippen LogP contribution in [0.3, 0.4) is 0 Å². The van der Waals surface area contributed by atoms with Crippen molar-refractivity contribution in [2.45, 2.75) is 39.7 Å². The highest BCUT2D eigenvalue weighted by atomic mass is 16.3. The molecule has 1 amide bonds. The van der Waals surface area contributed by atoms with E-state index in [2.05, 4.69) is 17.1 Å². The van der Waals surface area contributed by atoms with Gasteiger partial charge in [-0.2, -0.15) is 0 Å². The Morgan fingerprint density at radius 3 is 2.50 bits per heavy atom. The number of aliphatic hydroxyl groups excluding tert-OH is 1. The Morgan fingerprint density at radius 1 is 1.50 bits per heavy atom. The number of rotatable bonds is 4. The lowest BCUT2D eigenvalue weighted by Crippen LogP contribution is -2.48. The van der Waals surface area contributed by atoms with Gasteiger partial charge in [0.05, 0.1) is 6.10 Å². The van der Waals surface area contributed by atoms with Crippen molar-refractivity contribution in [3.05, 3.63) is 0 Å². The number of likely N-dealkylation sites (tertiary alicyclic amines) is 1. The number of aliphatic hydroxyl groups is 1. The third-order valence-corrected chi connectivity index (χ3v) is 3.51. The fraction of sp³-hybridized carbons (Fsp3) is 0.917. The van der Waals surface area contributed by atoms with Gasteiger partial charge in [-0.15, -0.1) is 0 Å². The second kappa shape index (κ2) is 5.64. The van der Waals surface area contributed by atoms with Crippen molar-refractivity contribution in [1.82, 2.24) is 10.2 Å². The van der Waals surface area contributed by atoms with E-state index in [0.717, 1.165) is 32.5 Å². The number of carbonyl (C=O) groups is 1. The van der Waals surface area contributed by atoms with E-state index in [1.165, 1.54) is 0 Å². The van der Waals surface area contributed by atoms with Crippen molar-refractivity contribution in [1.29, 1.82) is 0 Å². The van der Waals surface area contributed by atoms with Gasteiger partial charge in [0.15, 0.2) is 0 Å². The first-order valence-electron chi connectivity index (χ1n) is 6.16. The van der Waals surface area contributed by atoms with Crippen molar-refractivity contribution in [2.24, 2.45) is 5.41 Å². The predicted octanol–water partition coefficient (Wildman–Crippen LogP) is 0.605. The number of hydrogen-bond acceptors (Lipinski definition) is 3. The topological polar surface area (TPSA) is 52.6 Å². The summed E-state index contributed by atoms with van der Waals surface area (Å²) in [5, 5.41) is 12.0. The Balaban J connectivity index is 2.43. The monoisotopic (exact) mass is 228 g/mol. The van der Waals surface area contributed by atoms with E-state index in [4.69, 9.17) is 5.11 Å². The molecule has 0 aliphatic carbocycles. The van der Waals surface area contributed by atoms with E-state index in [1.54, 1.807) is 6.92 Å². The minimum absolute atomic E-state index is 0.0872. The number of amides is 1. The van der Waals surface area contributed by atoms with Gasteiger partial charge in [-0.1, -0.05) is 13.8 Å². The molecule has 0 aromatic heterocycles. The SMILES string of the molecule is CCN1CCC(C)(C(=O)NCC(C)O)CC1. The summed E-state index contributed by atoms with van der Waals surface area (Å²) in [6.45, 7) is 9.26. The summed E-state index contributed by atoms with van der Waals surface area (Å²) in [7, 11) is 0. The maximum Gasteiger partial charge on any atom is 0.226 e. The standard InChI is InChI=1S/C12H24N2O2/c1-4-14-7-5-12(3,6-8-14)11(16)13-9-10(2)15/h10,15H,4-9H2,1-3H3,(H,13,16). The zero-order valence-corrected chi connectivity index (χ0v) is 10.6. The minimum atomic E-state index is -0.469. The number of hydrogen-bond donors (Lipinski definition) is 2. The second-order valence-electron chi connectivity index (χ2n) is 5.05. The smallest absolute Gasteiger partial charge is 0.226 e. The lowest BCUT2D eigenvalue weighted by molar-refractivity contribution is -0.133. The molecule has 94 valence electrons. The molecular weight excluding hydrogens is 204 g/mol. The summed E-state index contributed by atoms with van der Waals surface area (Å²) < 4.78 is 0. The molecule has 0 aromatic carbocycles. The molecular formula is C12H24N2O2. The lowest BCUT2D eigenvalue weighted by Gasteiger charge is -2.37. The summed E-state index contributed by atoms with van der Waals surface area (Å²) in [6, 6.07) is 0. The van der Waals surface area contributed by atoms with Gasteiger partial charge in [-0.25, -0.2) is 0 Å². The molecule has 16 heavy (non-hydrogen) atoms. The number of carbonyl (C=O) groups excluding carboxylic acids is 1. The summed E-state index contributed by atoms with van der Waals surface area (Å²) in [5.74, 6) is 0.0872. The van der Waals surface area contributed by atoms with Crippen LogP contribution in [0.2, 0.25) is 0 Å². The minimum Gasteiger partial charge on any atom is -0.392 e. The molecule has 2 N–H and O–H groups in total. The van der Waals surface area contributed by atoms with Crippen molar-refractivity contribution in [3.8, 4) is 0 Å². The van der Waals surface area contributed by atoms with Gasteiger partial charge in [-0.3, -0.25) is 4.79 Å². The van der Waals surface area contributed by atoms with Crippen LogP contribution in [-0.2, 0) is 4.79 Å². The summed E-state index contributed by atoms with van der Waals surface area (Å²) >= 11 is 0. The third-order valence-electron chi connectivity index (χ3n) is 3.51. The van der Waals surface area contributed by atoms with Crippen LogP contribution in [0, 0.1) is 5.41 Å². The zero-order valence-electron chi connectivity index (χ0n) is 10.6. The highest BCUT2D eigenvalue weighted by molar-refractivity contribution is 5.82.